The van der Waals surface area contributed by atoms with Crippen LogP contribution in [0.1, 0.15) is 25.3 Å². The Hall–Kier alpha value is -2.34. The lowest BCUT2D eigenvalue weighted by molar-refractivity contribution is 0.234. The Bertz CT molecular complexity index is 598. The minimum Gasteiger partial charge on any atom is -0.396 e. The van der Waals surface area contributed by atoms with Gasteiger partial charge in [-0.25, -0.2) is 9.48 Å². The van der Waals surface area contributed by atoms with Gasteiger partial charge in [0.05, 0.1) is 11.9 Å². The zero-order chi connectivity index (χ0) is 16.5. The van der Waals surface area contributed by atoms with E-state index >= 15 is 0 Å². The van der Waals surface area contributed by atoms with Crippen molar-refractivity contribution in [2.24, 2.45) is 0 Å². The fourth-order valence-electron chi connectivity index (χ4n) is 2.28. The Morgan fingerprint density at radius 2 is 2.13 bits per heavy atom. The van der Waals surface area contributed by atoms with E-state index in [2.05, 4.69) is 15.7 Å². The van der Waals surface area contributed by atoms with Crippen LogP contribution >= 0.6 is 0 Å². The van der Waals surface area contributed by atoms with Crippen LogP contribution in [-0.4, -0.2) is 40.1 Å². The van der Waals surface area contributed by atoms with E-state index in [1.807, 2.05) is 54.3 Å². The fourth-order valence-corrected chi connectivity index (χ4v) is 2.28. The highest BCUT2D eigenvalue weighted by Gasteiger charge is 2.06. The van der Waals surface area contributed by atoms with E-state index in [1.165, 1.54) is 0 Å². The molecule has 1 atom stereocenters. The van der Waals surface area contributed by atoms with Gasteiger partial charge < -0.3 is 15.7 Å². The lowest BCUT2D eigenvalue weighted by Gasteiger charge is -2.13. The summed E-state index contributed by atoms with van der Waals surface area (Å²) in [6.07, 6.45) is 5.98. The fraction of sp³-hybridized carbons (Fsp3) is 0.412. The molecule has 23 heavy (non-hydrogen) atoms. The average Bonchev–Trinajstić information content (AvgIpc) is 3.02. The third-order valence-electron chi connectivity index (χ3n) is 3.53. The third kappa shape index (κ3) is 5.75. The predicted molar refractivity (Wildman–Crippen MR) is 89.6 cm³/mol. The number of carbonyl (C=O) groups is 1. The molecule has 0 bridgehead atoms. The number of aromatic nitrogens is 2. The van der Waals surface area contributed by atoms with Crippen LogP contribution in [0.5, 0.6) is 0 Å². The van der Waals surface area contributed by atoms with E-state index in [0.717, 1.165) is 24.1 Å². The summed E-state index contributed by atoms with van der Waals surface area (Å²) in [4.78, 5) is 11.7. The zero-order valence-electron chi connectivity index (χ0n) is 13.4. The van der Waals surface area contributed by atoms with Crippen LogP contribution in [0.25, 0.3) is 5.69 Å². The van der Waals surface area contributed by atoms with Crippen LogP contribution in [0.15, 0.2) is 42.7 Å². The highest BCUT2D eigenvalue weighted by Crippen LogP contribution is 2.07. The number of hydrogen-bond acceptors (Lipinski definition) is 3. The lowest BCUT2D eigenvalue weighted by atomic mass is 10.2. The van der Waals surface area contributed by atoms with Crippen molar-refractivity contribution in [1.82, 2.24) is 20.4 Å². The topological polar surface area (TPSA) is 79.2 Å². The Kier molecular flexibility index (Phi) is 6.62. The molecule has 6 nitrogen and oxygen atoms in total. The number of para-hydroxylation sites is 1. The number of aliphatic hydroxyl groups is 1. The number of nitrogens with one attached hydrogen (secondary N) is 2. The first-order valence-corrected chi connectivity index (χ1v) is 7.93. The van der Waals surface area contributed by atoms with Gasteiger partial charge in [0.15, 0.2) is 0 Å². The summed E-state index contributed by atoms with van der Waals surface area (Å²) < 4.78 is 1.83. The predicted octanol–water partition coefficient (Wildman–Crippen LogP) is 1.87. The summed E-state index contributed by atoms with van der Waals surface area (Å²) >= 11 is 0. The molecule has 0 spiro atoms. The molecule has 1 aromatic carbocycles. The van der Waals surface area contributed by atoms with E-state index in [0.29, 0.717) is 13.0 Å². The molecular formula is C17H24N4O2. The molecule has 1 aromatic heterocycles. The van der Waals surface area contributed by atoms with Gasteiger partial charge in [-0.15, -0.1) is 0 Å². The van der Waals surface area contributed by atoms with Crippen LogP contribution in [0.2, 0.25) is 0 Å². The van der Waals surface area contributed by atoms with Crippen molar-refractivity contribution in [3.05, 3.63) is 48.3 Å². The van der Waals surface area contributed by atoms with E-state index < -0.39 is 0 Å². The van der Waals surface area contributed by atoms with Crippen LogP contribution in [-0.2, 0) is 6.42 Å². The van der Waals surface area contributed by atoms with Crippen molar-refractivity contribution in [3.63, 3.8) is 0 Å². The second kappa shape index (κ2) is 8.95. The van der Waals surface area contributed by atoms with Crippen LogP contribution < -0.4 is 10.6 Å². The van der Waals surface area contributed by atoms with Crippen molar-refractivity contribution in [2.75, 3.05) is 13.2 Å². The van der Waals surface area contributed by atoms with E-state index in [1.54, 1.807) is 0 Å². The highest BCUT2D eigenvalue weighted by atomic mass is 16.3. The Morgan fingerprint density at radius 3 is 2.87 bits per heavy atom. The molecule has 0 radical (unpaired) electrons. The third-order valence-corrected chi connectivity index (χ3v) is 3.53. The van der Waals surface area contributed by atoms with Gasteiger partial charge in [0, 0.05) is 25.4 Å². The number of carbonyl (C=O) groups excluding carboxylic acids is 1. The lowest BCUT2D eigenvalue weighted by Crippen LogP contribution is -2.41. The number of benzene rings is 1. The maximum atomic E-state index is 11.7. The highest BCUT2D eigenvalue weighted by molar-refractivity contribution is 5.74. The maximum absolute atomic E-state index is 11.7. The molecule has 2 aromatic rings. The summed E-state index contributed by atoms with van der Waals surface area (Å²) in [5, 5.41) is 18.8. The number of urea groups is 1. The van der Waals surface area contributed by atoms with Crippen molar-refractivity contribution in [2.45, 2.75) is 32.2 Å². The molecule has 0 aliphatic rings. The van der Waals surface area contributed by atoms with Gasteiger partial charge >= 0.3 is 6.03 Å². The first-order chi connectivity index (χ1) is 11.2. The molecule has 0 saturated carbocycles. The van der Waals surface area contributed by atoms with Crippen molar-refractivity contribution in [3.8, 4) is 5.69 Å². The van der Waals surface area contributed by atoms with Crippen LogP contribution in [0, 0.1) is 0 Å². The summed E-state index contributed by atoms with van der Waals surface area (Å²) in [5.74, 6) is 0. The number of rotatable bonds is 8. The molecule has 2 rings (SSSR count). The minimum absolute atomic E-state index is 0.0583. The van der Waals surface area contributed by atoms with E-state index in [9.17, 15) is 4.79 Å². The molecule has 3 N–H and O–H groups in total. The molecule has 0 aliphatic heterocycles. The Balaban J connectivity index is 1.72. The van der Waals surface area contributed by atoms with E-state index in [4.69, 9.17) is 5.11 Å². The van der Waals surface area contributed by atoms with Crippen molar-refractivity contribution in [1.29, 1.82) is 0 Å². The number of amides is 2. The van der Waals surface area contributed by atoms with Gasteiger partial charge in [-0.2, -0.15) is 5.10 Å². The first kappa shape index (κ1) is 17.0. The monoisotopic (exact) mass is 316 g/mol. The number of nitrogens with zero attached hydrogens (tertiary/aromatic N) is 2. The normalized spacial score (nSPS) is 11.9. The van der Waals surface area contributed by atoms with Gasteiger partial charge in [-0.1, -0.05) is 18.2 Å². The molecule has 1 unspecified atom stereocenters. The van der Waals surface area contributed by atoms with Crippen molar-refractivity contribution >= 4 is 6.03 Å². The quantitative estimate of drug-likeness (QED) is 0.695. The smallest absolute Gasteiger partial charge is 0.315 e. The van der Waals surface area contributed by atoms with Crippen molar-refractivity contribution < 1.29 is 9.90 Å². The Morgan fingerprint density at radius 1 is 1.35 bits per heavy atom. The van der Waals surface area contributed by atoms with Crippen LogP contribution in [0.3, 0.4) is 0 Å². The standard InChI is InChI=1S/C17H24N4O2/c1-14(6-5-11-22)20-17(23)18-10-9-15-12-19-21(13-15)16-7-3-2-4-8-16/h2-4,7-8,12-14,22H,5-6,9-11H2,1H3,(H2,18,20,23). The molecule has 0 aliphatic carbocycles. The second-order valence-electron chi connectivity index (χ2n) is 5.55. The summed E-state index contributed by atoms with van der Waals surface area (Å²) in [6, 6.07) is 9.79. The summed E-state index contributed by atoms with van der Waals surface area (Å²) in [6.45, 7) is 2.64. The van der Waals surface area contributed by atoms with E-state index in [-0.39, 0.29) is 18.7 Å². The van der Waals surface area contributed by atoms with Crippen LogP contribution in [0.4, 0.5) is 4.79 Å². The molecule has 6 heteroatoms. The Labute approximate surface area is 136 Å². The SMILES string of the molecule is CC(CCCO)NC(=O)NCCc1cnn(-c2ccccc2)c1. The van der Waals surface area contributed by atoms with Gasteiger partial charge in [-0.3, -0.25) is 0 Å². The maximum Gasteiger partial charge on any atom is 0.315 e. The molecule has 1 heterocycles. The average molecular weight is 316 g/mol. The summed E-state index contributed by atoms with van der Waals surface area (Å²) in [5.41, 5.74) is 2.09. The first-order valence-electron chi connectivity index (χ1n) is 7.93. The summed E-state index contributed by atoms with van der Waals surface area (Å²) in [7, 11) is 0. The zero-order valence-corrected chi connectivity index (χ0v) is 13.4. The largest absolute Gasteiger partial charge is 0.396 e. The molecule has 2 amide bonds. The molecule has 0 saturated heterocycles. The molecule has 124 valence electrons. The van der Waals surface area contributed by atoms with Gasteiger partial charge in [0.2, 0.25) is 0 Å². The number of hydrogen-bond donors (Lipinski definition) is 3. The minimum atomic E-state index is -0.175. The molecule has 0 fully saturated rings. The van der Waals surface area contributed by atoms with Gasteiger partial charge in [0.1, 0.15) is 0 Å². The van der Waals surface area contributed by atoms with Gasteiger partial charge in [-0.05, 0) is 43.9 Å². The molecular weight excluding hydrogens is 292 g/mol. The number of aliphatic hydroxyl groups excluding tert-OH is 1. The van der Waals surface area contributed by atoms with Gasteiger partial charge in [0.25, 0.3) is 0 Å². The second-order valence-corrected chi connectivity index (χ2v) is 5.55.